The molecule has 0 atom stereocenters. The molecule has 0 amide bonds. The molecule has 0 aliphatic rings. The molecule has 0 bridgehead atoms. The van der Waals surface area contributed by atoms with Crippen molar-refractivity contribution >= 4 is 26.2 Å². The maximum atomic E-state index is 3.25. The van der Waals surface area contributed by atoms with Crippen molar-refractivity contribution in [3.63, 3.8) is 0 Å². The topological polar surface area (TPSA) is 0 Å². The van der Waals surface area contributed by atoms with E-state index in [0.717, 1.165) is 0 Å². The molecule has 0 aliphatic heterocycles. The number of hydrogen-bond donors (Lipinski definition) is 0. The van der Waals surface area contributed by atoms with E-state index in [1.807, 2.05) is 0 Å². The molecule has 0 unspecified atom stereocenters. The summed E-state index contributed by atoms with van der Waals surface area (Å²) in [5, 5.41) is 0. The van der Waals surface area contributed by atoms with E-state index in [2.05, 4.69) is 13.8 Å². The van der Waals surface area contributed by atoms with Crippen LogP contribution >= 0.6 is 0 Å². The molecule has 0 aromatic carbocycles. The summed E-state index contributed by atoms with van der Waals surface area (Å²) in [4.78, 5) is 0. The standard InChI is InChI=1S/2C2H5.Bi.H2/c2*1-2;;/h2*1H2,2H3;;1H. The molecule has 0 nitrogen and oxygen atoms in total. The molecular weight excluding hydrogens is 257 g/mol. The van der Waals surface area contributed by atoms with Crippen molar-refractivity contribution in [1.29, 1.82) is 0 Å². The summed E-state index contributed by atoms with van der Waals surface area (Å²) in [6, 6.07) is 0. The van der Waals surface area contributed by atoms with Crippen LogP contribution in [0.1, 0.15) is 15.3 Å². The Hall–Kier alpha value is 0.883. The zero-order valence-corrected chi connectivity index (χ0v) is 7.34. The Kier molecular flexibility index (Phi) is 319. The van der Waals surface area contributed by atoms with Crippen LogP contribution in [0.4, 0.5) is 0 Å². The van der Waals surface area contributed by atoms with Crippen molar-refractivity contribution < 1.29 is 1.43 Å². The van der Waals surface area contributed by atoms with Gasteiger partial charge in [0.1, 0.15) is 0 Å². The van der Waals surface area contributed by atoms with Gasteiger partial charge in [0.2, 0.25) is 0 Å². The fraction of sp³-hybridized carbons (Fsp3) is 0.500. The Bertz CT molecular complexity index is 7.51. The smallest absolute Gasteiger partial charge is 0 e. The SMILES string of the molecule is [Bi].[CH2]C.[CH2]C.[HH]. The summed E-state index contributed by atoms with van der Waals surface area (Å²) < 4.78 is 0. The normalized spacial score (nSPS) is 2.40. The van der Waals surface area contributed by atoms with Gasteiger partial charge < -0.3 is 0 Å². The molecule has 0 spiro atoms. The van der Waals surface area contributed by atoms with Gasteiger partial charge in [-0.05, 0) is 0 Å². The predicted molar refractivity (Wildman–Crippen MR) is 29.9 cm³/mol. The van der Waals surface area contributed by atoms with Crippen LogP contribution in [-0.4, -0.2) is 26.2 Å². The molecule has 0 aromatic rings. The second-order valence-corrected chi connectivity index (χ2v) is 0. The van der Waals surface area contributed by atoms with Gasteiger partial charge >= 0.3 is 0 Å². The molecular formula is C4H12Bi. The average Bonchev–Trinajstić information content (AvgIpc) is 1.50. The fourth-order valence-electron chi connectivity index (χ4n) is 0. The van der Waals surface area contributed by atoms with E-state index in [0.29, 0.717) is 0 Å². The van der Waals surface area contributed by atoms with Crippen LogP contribution in [0.2, 0.25) is 0 Å². The van der Waals surface area contributed by atoms with Crippen molar-refractivity contribution in [2.45, 2.75) is 13.8 Å². The van der Waals surface area contributed by atoms with E-state index in [1.165, 1.54) is 0 Å². The first kappa shape index (κ1) is 16.9. The predicted octanol–water partition coefficient (Wildman–Crippen LogP) is 1.55. The third kappa shape index (κ3) is 52.0. The first-order valence-electron chi connectivity index (χ1n) is 1.41. The van der Waals surface area contributed by atoms with Crippen LogP contribution in [0.15, 0.2) is 0 Å². The Labute approximate surface area is 55.6 Å². The summed E-state index contributed by atoms with van der Waals surface area (Å²) in [6.45, 7) is 10.0. The summed E-state index contributed by atoms with van der Waals surface area (Å²) in [5.74, 6) is 0. The molecule has 0 saturated heterocycles. The first-order chi connectivity index (χ1) is 2.00. The monoisotopic (exact) mass is 269 g/mol. The van der Waals surface area contributed by atoms with Crippen LogP contribution in [0.5, 0.6) is 0 Å². The van der Waals surface area contributed by atoms with E-state index < -0.39 is 0 Å². The number of hydrogen-bond acceptors (Lipinski definition) is 0. The third-order valence-corrected chi connectivity index (χ3v) is 0. The van der Waals surface area contributed by atoms with Gasteiger partial charge in [0.15, 0.2) is 0 Å². The number of rotatable bonds is 0. The van der Waals surface area contributed by atoms with Crippen molar-refractivity contribution in [1.82, 2.24) is 0 Å². The van der Waals surface area contributed by atoms with Gasteiger partial charge in [0, 0.05) is 27.6 Å². The molecule has 0 rings (SSSR count). The zero-order chi connectivity index (χ0) is 4.00. The van der Waals surface area contributed by atoms with E-state index in [1.54, 1.807) is 13.8 Å². The molecule has 0 heterocycles. The zero-order valence-electron chi connectivity index (χ0n) is 3.86. The second-order valence-electron chi connectivity index (χ2n) is 0. The van der Waals surface area contributed by atoms with Gasteiger partial charge in [0.05, 0.1) is 0 Å². The van der Waals surface area contributed by atoms with Crippen LogP contribution < -0.4 is 0 Å². The van der Waals surface area contributed by atoms with Crippen molar-refractivity contribution in [3.05, 3.63) is 13.8 Å². The molecule has 0 saturated carbocycles. The Morgan fingerprint density at radius 2 is 1.00 bits per heavy atom. The van der Waals surface area contributed by atoms with Crippen LogP contribution in [0.25, 0.3) is 0 Å². The molecule has 33 valence electrons. The van der Waals surface area contributed by atoms with E-state index in [9.17, 15) is 0 Å². The molecule has 0 fully saturated rings. The molecule has 0 N–H and O–H groups in total. The van der Waals surface area contributed by atoms with Gasteiger partial charge in [-0.2, -0.15) is 0 Å². The third-order valence-electron chi connectivity index (χ3n) is 0. The molecule has 1 heteroatoms. The largest absolute Gasteiger partial charge is 0.0654 e. The van der Waals surface area contributed by atoms with E-state index >= 15 is 0 Å². The van der Waals surface area contributed by atoms with Crippen LogP contribution in [0, 0.1) is 13.8 Å². The molecule has 0 aliphatic carbocycles. The van der Waals surface area contributed by atoms with Gasteiger partial charge in [0.25, 0.3) is 0 Å². The van der Waals surface area contributed by atoms with Gasteiger partial charge in [-0.1, -0.05) is 27.7 Å². The first-order valence-corrected chi connectivity index (χ1v) is 1.41. The Balaban J connectivity index is -0.00000000500. The van der Waals surface area contributed by atoms with Crippen LogP contribution in [0.3, 0.4) is 0 Å². The summed E-state index contributed by atoms with van der Waals surface area (Å²) in [5.41, 5.74) is 0. The maximum Gasteiger partial charge on any atom is 0 e. The minimum Gasteiger partial charge on any atom is -0.0654 e. The van der Waals surface area contributed by atoms with Gasteiger partial charge in [-0.15, -0.1) is 0 Å². The van der Waals surface area contributed by atoms with E-state index in [-0.39, 0.29) is 27.6 Å². The maximum absolute atomic E-state index is 3.25. The fourth-order valence-corrected chi connectivity index (χ4v) is 0. The Morgan fingerprint density at radius 1 is 1.00 bits per heavy atom. The molecule has 5 radical (unpaired) electrons. The average molecular weight is 269 g/mol. The van der Waals surface area contributed by atoms with Crippen LogP contribution in [-0.2, 0) is 0 Å². The second kappa shape index (κ2) is 94.4. The minimum atomic E-state index is 0. The van der Waals surface area contributed by atoms with Crippen molar-refractivity contribution in [2.75, 3.05) is 0 Å². The summed E-state index contributed by atoms with van der Waals surface area (Å²) >= 11 is 0. The molecule has 0 aromatic heterocycles. The van der Waals surface area contributed by atoms with E-state index in [4.69, 9.17) is 0 Å². The van der Waals surface area contributed by atoms with Gasteiger partial charge in [-0.25, -0.2) is 0 Å². The van der Waals surface area contributed by atoms with Crippen molar-refractivity contribution in [2.24, 2.45) is 0 Å². The molecule has 5 heavy (non-hydrogen) atoms. The van der Waals surface area contributed by atoms with Gasteiger partial charge in [-0.3, -0.25) is 0 Å². The quantitative estimate of drug-likeness (QED) is 0.585. The Morgan fingerprint density at radius 3 is 1.00 bits per heavy atom. The minimum absolute atomic E-state index is 0. The van der Waals surface area contributed by atoms with Crippen molar-refractivity contribution in [3.8, 4) is 0 Å². The summed E-state index contributed by atoms with van der Waals surface area (Å²) in [7, 11) is 0. The summed E-state index contributed by atoms with van der Waals surface area (Å²) in [6.07, 6.45) is 0.